The van der Waals surface area contributed by atoms with Crippen molar-refractivity contribution in [3.63, 3.8) is 0 Å². The molecule has 14 aromatic rings. The van der Waals surface area contributed by atoms with Crippen LogP contribution in [0.2, 0.25) is 0 Å². The Morgan fingerprint density at radius 1 is 0.324 bits per heavy atom. The quantitative estimate of drug-likeness (QED) is 0.163. The third-order valence-electron chi connectivity index (χ3n) is 15.3. The molecule has 1 aliphatic carbocycles. The van der Waals surface area contributed by atoms with E-state index in [0.717, 1.165) is 50.9 Å². The first-order chi connectivity index (χ1) is 35.2. The summed E-state index contributed by atoms with van der Waals surface area (Å²) in [5.41, 5.74) is 22.7. The van der Waals surface area contributed by atoms with Crippen LogP contribution < -0.4 is 0 Å². The van der Waals surface area contributed by atoms with Crippen molar-refractivity contribution in [2.75, 3.05) is 0 Å². The van der Waals surface area contributed by atoms with Gasteiger partial charge in [0.2, 0.25) is 0 Å². The highest BCUT2D eigenvalue weighted by Gasteiger charge is 2.27. The fraction of sp³-hybridized carbons (Fsp3) is 0.0294. The van der Waals surface area contributed by atoms with E-state index in [1.807, 2.05) is 0 Å². The Hall–Kier alpha value is -9.18. The van der Waals surface area contributed by atoms with Crippen molar-refractivity contribution in [1.82, 2.24) is 9.13 Å². The van der Waals surface area contributed by atoms with Crippen LogP contribution in [0.3, 0.4) is 0 Å². The number of nitrogens with zero attached hydrogens (tertiary/aromatic N) is 2. The Morgan fingerprint density at radius 3 is 1.62 bits per heavy atom. The van der Waals surface area contributed by atoms with Gasteiger partial charge in [0.15, 0.2) is 0 Å². The van der Waals surface area contributed by atoms with Gasteiger partial charge in [-0.1, -0.05) is 164 Å². The van der Waals surface area contributed by atoms with Gasteiger partial charge < -0.3 is 13.6 Å². The molecule has 0 saturated heterocycles. The van der Waals surface area contributed by atoms with Crippen LogP contribution >= 0.6 is 0 Å². The summed E-state index contributed by atoms with van der Waals surface area (Å²) in [7, 11) is 0. The summed E-state index contributed by atoms with van der Waals surface area (Å²) in [6, 6.07) is 91.4. The van der Waals surface area contributed by atoms with Gasteiger partial charge in [-0.05, 0) is 153 Å². The molecule has 3 aromatic heterocycles. The number of furan rings is 1. The molecule has 3 heteroatoms. The summed E-state index contributed by atoms with van der Waals surface area (Å²) in [5.74, 6) is 0.303. The molecule has 0 bridgehead atoms. The van der Waals surface area contributed by atoms with Gasteiger partial charge in [-0.15, -0.1) is 0 Å². The van der Waals surface area contributed by atoms with Crippen LogP contribution in [0.5, 0.6) is 0 Å². The Bertz CT molecular complexity index is 4420. The van der Waals surface area contributed by atoms with Crippen LogP contribution in [0.15, 0.2) is 253 Å². The maximum absolute atomic E-state index is 6.66. The van der Waals surface area contributed by atoms with E-state index in [9.17, 15) is 0 Å². The summed E-state index contributed by atoms with van der Waals surface area (Å²) in [6.07, 6.45) is 0.995. The minimum absolute atomic E-state index is 0.303. The minimum atomic E-state index is 0.303. The summed E-state index contributed by atoms with van der Waals surface area (Å²) >= 11 is 0. The number of benzene rings is 11. The van der Waals surface area contributed by atoms with Gasteiger partial charge in [-0.25, -0.2) is 0 Å². The van der Waals surface area contributed by atoms with Crippen molar-refractivity contribution in [3.05, 3.63) is 265 Å². The highest BCUT2D eigenvalue weighted by molar-refractivity contribution is 6.15. The van der Waals surface area contributed by atoms with Gasteiger partial charge in [0.25, 0.3) is 0 Å². The van der Waals surface area contributed by atoms with Crippen LogP contribution in [0.1, 0.15) is 22.6 Å². The zero-order valence-corrected chi connectivity index (χ0v) is 38.8. The molecule has 0 saturated carbocycles. The van der Waals surface area contributed by atoms with Crippen molar-refractivity contribution in [2.45, 2.75) is 12.3 Å². The third-order valence-corrected chi connectivity index (χ3v) is 15.3. The Kier molecular flexibility index (Phi) is 8.78. The fourth-order valence-electron chi connectivity index (χ4n) is 12.0. The molecule has 0 spiro atoms. The molecular formula is C68H44N2O. The SMILES string of the molecule is c1ccc(C2Cc3ccccc3-c3cc(-c4cccc5oc6ccc(-c7ccc8c(c7)c7cc(-c9ccc%10c%11ccccc%11n(-c%11ccccc%11)c%10c9)ccc7n8-c7ccccc7)cc6c45)ccc32)cc1. The van der Waals surface area contributed by atoms with Crippen molar-refractivity contribution < 1.29 is 4.42 Å². The van der Waals surface area contributed by atoms with Crippen molar-refractivity contribution in [1.29, 1.82) is 0 Å². The van der Waals surface area contributed by atoms with E-state index in [1.165, 1.54) is 93.7 Å². The molecule has 0 radical (unpaired) electrons. The zero-order chi connectivity index (χ0) is 46.6. The summed E-state index contributed by atoms with van der Waals surface area (Å²) in [4.78, 5) is 0. The van der Waals surface area contributed by atoms with Gasteiger partial charge in [0.05, 0.1) is 22.1 Å². The number of aromatic nitrogens is 2. The van der Waals surface area contributed by atoms with E-state index >= 15 is 0 Å². The summed E-state index contributed by atoms with van der Waals surface area (Å²) < 4.78 is 11.5. The lowest BCUT2D eigenvalue weighted by molar-refractivity contribution is 0.669. The van der Waals surface area contributed by atoms with Gasteiger partial charge in [0, 0.05) is 49.6 Å². The van der Waals surface area contributed by atoms with Gasteiger partial charge >= 0.3 is 0 Å². The molecule has 1 atom stereocenters. The molecule has 332 valence electrons. The number of fused-ring (bicyclic) bond motifs is 12. The molecule has 3 nitrogen and oxygen atoms in total. The van der Waals surface area contributed by atoms with E-state index in [0.29, 0.717) is 5.92 Å². The van der Waals surface area contributed by atoms with Crippen LogP contribution in [0.4, 0.5) is 0 Å². The van der Waals surface area contributed by atoms with E-state index < -0.39 is 0 Å². The van der Waals surface area contributed by atoms with Crippen molar-refractivity contribution in [3.8, 4) is 55.9 Å². The standard InChI is InChI=1S/C68H44N2O/c1-4-15-43(16-5-1)57-40-48-17-10-11-22-52(48)58-41-49(28-32-54(57)58)53-24-14-26-67-68(53)61-39-46(31-36-66(61)71-67)44-29-34-63-59(37-44)60-38-45(30-35-64(60)69(63)50-18-6-2-7-19-50)47-27-33-56-55-23-12-13-25-62(55)70(65(56)42-47)51-20-8-3-9-21-51/h1-39,41-42,57H,40H2. The lowest BCUT2D eigenvalue weighted by atomic mass is 9.75. The molecular weight excluding hydrogens is 861 g/mol. The van der Waals surface area contributed by atoms with Crippen LogP contribution in [-0.2, 0) is 6.42 Å². The first-order valence-corrected chi connectivity index (χ1v) is 24.7. The number of para-hydroxylation sites is 3. The second-order valence-corrected chi connectivity index (χ2v) is 19.2. The van der Waals surface area contributed by atoms with Crippen LogP contribution in [0.25, 0.3) is 121 Å². The molecule has 15 rings (SSSR count). The highest BCUT2D eigenvalue weighted by Crippen LogP contribution is 2.47. The van der Waals surface area contributed by atoms with Crippen molar-refractivity contribution in [2.24, 2.45) is 0 Å². The zero-order valence-electron chi connectivity index (χ0n) is 38.8. The van der Waals surface area contributed by atoms with E-state index in [1.54, 1.807) is 0 Å². The lowest BCUT2D eigenvalue weighted by Gasteiger charge is -2.29. The van der Waals surface area contributed by atoms with Gasteiger partial charge in [-0.3, -0.25) is 0 Å². The van der Waals surface area contributed by atoms with Gasteiger partial charge in [0.1, 0.15) is 11.2 Å². The largest absolute Gasteiger partial charge is 0.456 e. The second kappa shape index (κ2) is 15.7. The van der Waals surface area contributed by atoms with E-state index in [4.69, 9.17) is 4.42 Å². The number of rotatable bonds is 6. The average Bonchev–Trinajstić information content (AvgIpc) is 4.10. The van der Waals surface area contributed by atoms with E-state index in [-0.39, 0.29) is 0 Å². The third kappa shape index (κ3) is 6.23. The molecule has 3 heterocycles. The predicted molar refractivity (Wildman–Crippen MR) is 296 cm³/mol. The Balaban J connectivity index is 0.881. The Labute approximate surface area is 410 Å². The average molecular weight is 905 g/mol. The van der Waals surface area contributed by atoms with Crippen LogP contribution in [-0.4, -0.2) is 9.13 Å². The maximum Gasteiger partial charge on any atom is 0.136 e. The van der Waals surface area contributed by atoms with Gasteiger partial charge in [-0.2, -0.15) is 0 Å². The predicted octanol–water partition coefficient (Wildman–Crippen LogP) is 18.1. The molecule has 0 amide bonds. The Morgan fingerprint density at radius 2 is 0.873 bits per heavy atom. The highest BCUT2D eigenvalue weighted by atomic mass is 16.3. The molecule has 1 aliphatic rings. The smallest absolute Gasteiger partial charge is 0.136 e. The maximum atomic E-state index is 6.66. The second-order valence-electron chi connectivity index (χ2n) is 19.2. The minimum Gasteiger partial charge on any atom is -0.456 e. The first kappa shape index (κ1) is 39.8. The molecule has 71 heavy (non-hydrogen) atoms. The first-order valence-electron chi connectivity index (χ1n) is 24.7. The summed E-state index contributed by atoms with van der Waals surface area (Å²) in [6.45, 7) is 0. The number of hydrogen-bond donors (Lipinski definition) is 0. The summed E-state index contributed by atoms with van der Waals surface area (Å²) in [5, 5.41) is 7.19. The van der Waals surface area contributed by atoms with E-state index in [2.05, 4.69) is 258 Å². The molecule has 1 unspecified atom stereocenters. The van der Waals surface area contributed by atoms with Crippen LogP contribution in [0, 0.1) is 0 Å². The monoisotopic (exact) mass is 904 g/mol. The molecule has 0 N–H and O–H groups in total. The fourth-order valence-corrected chi connectivity index (χ4v) is 12.0. The molecule has 0 aliphatic heterocycles. The topological polar surface area (TPSA) is 23.0 Å². The normalized spacial score (nSPS) is 13.4. The molecule has 0 fully saturated rings. The lowest BCUT2D eigenvalue weighted by Crippen LogP contribution is -2.12. The molecule has 11 aromatic carbocycles. The number of hydrogen-bond acceptors (Lipinski definition) is 1. The van der Waals surface area contributed by atoms with Crippen molar-refractivity contribution >= 4 is 65.6 Å².